The predicted molar refractivity (Wildman–Crippen MR) is 61.5 cm³/mol. The second-order valence-corrected chi connectivity index (χ2v) is 4.89. The van der Waals surface area contributed by atoms with Crippen LogP contribution in [0.15, 0.2) is 9.21 Å². The van der Waals surface area contributed by atoms with Crippen LogP contribution in [0.1, 0.15) is 70.9 Å². The Morgan fingerprint density at radius 3 is 1.87 bits per heavy atom. The Labute approximate surface area is 91.1 Å². The van der Waals surface area contributed by atoms with Gasteiger partial charge >= 0.3 is 5.76 Å². The maximum Gasteiger partial charge on any atom is 0.419 e. The van der Waals surface area contributed by atoms with Crippen LogP contribution in [0, 0.1) is 0 Å². The van der Waals surface area contributed by atoms with Gasteiger partial charge in [-0.05, 0) is 19.8 Å². The fourth-order valence-corrected chi connectivity index (χ4v) is 1.88. The molecule has 1 aromatic heterocycles. The van der Waals surface area contributed by atoms with Crippen molar-refractivity contribution in [2.75, 3.05) is 0 Å². The molecule has 0 spiro atoms. The first-order valence-corrected chi connectivity index (χ1v) is 5.61. The van der Waals surface area contributed by atoms with Gasteiger partial charge in [-0.1, -0.05) is 27.7 Å². The molecule has 3 heteroatoms. The van der Waals surface area contributed by atoms with Crippen molar-refractivity contribution in [1.29, 1.82) is 0 Å². The Kier molecular flexibility index (Phi) is 3.42. The van der Waals surface area contributed by atoms with Gasteiger partial charge in [0.1, 0.15) is 5.76 Å². The van der Waals surface area contributed by atoms with E-state index in [2.05, 4.69) is 27.7 Å². The van der Waals surface area contributed by atoms with Crippen molar-refractivity contribution in [1.82, 2.24) is 4.57 Å². The van der Waals surface area contributed by atoms with E-state index in [-0.39, 0.29) is 17.7 Å². The largest absolute Gasteiger partial charge is 0.419 e. The number of rotatable bonds is 3. The molecule has 0 saturated heterocycles. The van der Waals surface area contributed by atoms with Gasteiger partial charge in [0.05, 0.1) is 5.69 Å². The van der Waals surface area contributed by atoms with Crippen molar-refractivity contribution >= 4 is 0 Å². The summed E-state index contributed by atoms with van der Waals surface area (Å²) < 4.78 is 7.10. The van der Waals surface area contributed by atoms with Gasteiger partial charge in [0, 0.05) is 12.0 Å². The molecule has 0 amide bonds. The van der Waals surface area contributed by atoms with Crippen LogP contribution in [0.3, 0.4) is 0 Å². The minimum atomic E-state index is -0.225. The van der Waals surface area contributed by atoms with Gasteiger partial charge in [-0.2, -0.15) is 0 Å². The van der Waals surface area contributed by atoms with Gasteiger partial charge in [-0.3, -0.25) is 4.57 Å². The highest BCUT2D eigenvalue weighted by Crippen LogP contribution is 2.27. The summed E-state index contributed by atoms with van der Waals surface area (Å²) in [5.74, 6) is 1.19. The van der Waals surface area contributed by atoms with Gasteiger partial charge in [0.2, 0.25) is 0 Å². The van der Waals surface area contributed by atoms with Crippen molar-refractivity contribution < 1.29 is 4.42 Å². The Bertz CT molecular complexity index is 383. The fraction of sp³-hybridized carbons (Fsp3) is 0.750. The second-order valence-electron chi connectivity index (χ2n) is 4.89. The van der Waals surface area contributed by atoms with E-state index in [1.54, 1.807) is 4.57 Å². The third kappa shape index (κ3) is 2.16. The first-order valence-electron chi connectivity index (χ1n) is 5.61. The highest BCUT2D eigenvalue weighted by molar-refractivity contribution is 5.17. The summed E-state index contributed by atoms with van der Waals surface area (Å²) in [4.78, 5) is 11.7. The Morgan fingerprint density at radius 1 is 1.00 bits per heavy atom. The van der Waals surface area contributed by atoms with Crippen molar-refractivity contribution in [3.8, 4) is 0 Å². The third-order valence-electron chi connectivity index (χ3n) is 2.49. The molecule has 0 aromatic carbocycles. The molecule has 0 aliphatic rings. The van der Waals surface area contributed by atoms with E-state index >= 15 is 0 Å². The number of nitrogens with zero attached hydrogens (tertiary/aromatic N) is 1. The molecule has 1 rings (SSSR count). The normalized spacial score (nSPS) is 12.1. The molecule has 0 fully saturated rings. The zero-order valence-corrected chi connectivity index (χ0v) is 10.5. The molecule has 0 saturated carbocycles. The van der Waals surface area contributed by atoms with Gasteiger partial charge in [-0.25, -0.2) is 4.79 Å². The lowest BCUT2D eigenvalue weighted by Gasteiger charge is -2.14. The molecular weight excluding hydrogens is 190 g/mol. The SMILES string of the molecule is CC(C)c1oc(=O)n(C(C)C)c1C(C)C. The molecule has 3 nitrogen and oxygen atoms in total. The summed E-state index contributed by atoms with van der Waals surface area (Å²) in [7, 11) is 0. The Morgan fingerprint density at radius 2 is 1.53 bits per heavy atom. The van der Waals surface area contributed by atoms with E-state index < -0.39 is 0 Å². The second kappa shape index (κ2) is 4.25. The number of oxazole rings is 1. The zero-order chi connectivity index (χ0) is 11.7. The highest BCUT2D eigenvalue weighted by Gasteiger charge is 2.22. The quantitative estimate of drug-likeness (QED) is 0.769. The monoisotopic (exact) mass is 211 g/mol. The van der Waals surface area contributed by atoms with Crippen LogP contribution in [0.4, 0.5) is 0 Å². The Balaban J connectivity index is 3.45. The molecular formula is C12H21NO2. The van der Waals surface area contributed by atoms with Crippen LogP contribution in [0.5, 0.6) is 0 Å². The molecule has 0 unspecified atom stereocenters. The zero-order valence-electron chi connectivity index (χ0n) is 10.5. The lowest BCUT2D eigenvalue weighted by atomic mass is 10.0. The molecule has 0 aliphatic heterocycles. The highest BCUT2D eigenvalue weighted by atomic mass is 16.4. The average molecular weight is 211 g/mol. The molecule has 0 atom stereocenters. The lowest BCUT2D eigenvalue weighted by molar-refractivity contribution is 0.421. The van der Waals surface area contributed by atoms with Gasteiger partial charge in [0.25, 0.3) is 0 Å². The van der Waals surface area contributed by atoms with E-state index in [1.165, 1.54) is 0 Å². The van der Waals surface area contributed by atoms with Crippen molar-refractivity contribution in [3.05, 3.63) is 22.0 Å². The van der Waals surface area contributed by atoms with E-state index in [1.807, 2.05) is 13.8 Å². The van der Waals surface area contributed by atoms with E-state index in [4.69, 9.17) is 4.42 Å². The molecule has 0 N–H and O–H groups in total. The summed E-state index contributed by atoms with van der Waals surface area (Å²) in [6.07, 6.45) is 0. The van der Waals surface area contributed by atoms with Crippen LogP contribution in [-0.2, 0) is 0 Å². The third-order valence-corrected chi connectivity index (χ3v) is 2.49. The summed E-state index contributed by atoms with van der Waals surface area (Å²) in [6.45, 7) is 12.3. The number of hydrogen-bond donors (Lipinski definition) is 0. The van der Waals surface area contributed by atoms with Crippen LogP contribution in [0.25, 0.3) is 0 Å². The average Bonchev–Trinajstić information content (AvgIpc) is 2.42. The van der Waals surface area contributed by atoms with Gasteiger partial charge < -0.3 is 4.42 Å². The number of hydrogen-bond acceptors (Lipinski definition) is 2. The minimum absolute atomic E-state index is 0.158. The number of aromatic nitrogens is 1. The smallest absolute Gasteiger partial charge is 0.412 e. The van der Waals surface area contributed by atoms with Crippen molar-refractivity contribution in [2.45, 2.75) is 59.4 Å². The summed E-state index contributed by atoms with van der Waals surface area (Å²) in [5, 5.41) is 0. The minimum Gasteiger partial charge on any atom is -0.412 e. The van der Waals surface area contributed by atoms with Gasteiger partial charge in [0.15, 0.2) is 0 Å². The maximum atomic E-state index is 11.7. The molecule has 1 aromatic rings. The summed E-state index contributed by atoms with van der Waals surface area (Å²) >= 11 is 0. The van der Waals surface area contributed by atoms with Crippen molar-refractivity contribution in [2.24, 2.45) is 0 Å². The van der Waals surface area contributed by atoms with Crippen LogP contribution >= 0.6 is 0 Å². The molecule has 15 heavy (non-hydrogen) atoms. The molecule has 0 bridgehead atoms. The van der Waals surface area contributed by atoms with E-state index in [0.29, 0.717) is 5.92 Å². The van der Waals surface area contributed by atoms with E-state index in [9.17, 15) is 4.79 Å². The summed E-state index contributed by atoms with van der Waals surface area (Å²) in [5.41, 5.74) is 1.05. The first-order chi connectivity index (χ1) is 6.86. The first kappa shape index (κ1) is 12.1. The Hall–Kier alpha value is -0.990. The molecule has 86 valence electrons. The standard InChI is InChI=1S/C12H21NO2/c1-7(2)10-11(8(3)4)15-12(14)13(10)9(5)6/h7-9H,1-6H3. The maximum absolute atomic E-state index is 11.7. The lowest BCUT2D eigenvalue weighted by Crippen LogP contribution is -2.19. The fourth-order valence-electron chi connectivity index (χ4n) is 1.88. The van der Waals surface area contributed by atoms with Crippen LogP contribution < -0.4 is 5.76 Å². The van der Waals surface area contributed by atoms with E-state index in [0.717, 1.165) is 11.5 Å². The molecule has 1 heterocycles. The molecule has 0 radical (unpaired) electrons. The van der Waals surface area contributed by atoms with Crippen LogP contribution in [-0.4, -0.2) is 4.57 Å². The summed E-state index contributed by atoms with van der Waals surface area (Å²) in [6, 6.07) is 0.158. The predicted octanol–water partition coefficient (Wildman–Crippen LogP) is 3.27. The van der Waals surface area contributed by atoms with Crippen LogP contribution in [0.2, 0.25) is 0 Å². The van der Waals surface area contributed by atoms with Crippen molar-refractivity contribution in [3.63, 3.8) is 0 Å². The topological polar surface area (TPSA) is 35.1 Å². The van der Waals surface area contributed by atoms with Gasteiger partial charge in [-0.15, -0.1) is 0 Å². The molecule has 0 aliphatic carbocycles.